The standard InChI is InChI=1S/C20H23N3O6/c1-21-18(24)12-29-14-6-4-13(5-7-14)11-28-15-8-9-17(23-20(26)22-2)16(10-15)19(25)27-3/h4-10H,11-12H2,1-3H3,(H,21,24)(H2,22,23,26). The maximum absolute atomic E-state index is 12.0. The average molecular weight is 401 g/mol. The molecular weight excluding hydrogens is 378 g/mol. The lowest BCUT2D eigenvalue weighted by molar-refractivity contribution is -0.122. The maximum Gasteiger partial charge on any atom is 0.340 e. The van der Waals surface area contributed by atoms with Gasteiger partial charge in [-0.05, 0) is 35.9 Å². The van der Waals surface area contributed by atoms with Gasteiger partial charge in [0.25, 0.3) is 5.91 Å². The zero-order valence-corrected chi connectivity index (χ0v) is 16.4. The third-order valence-electron chi connectivity index (χ3n) is 3.85. The lowest BCUT2D eigenvalue weighted by Gasteiger charge is -2.13. The molecule has 2 rings (SSSR count). The number of nitrogens with one attached hydrogen (secondary N) is 3. The molecule has 0 saturated carbocycles. The van der Waals surface area contributed by atoms with E-state index in [4.69, 9.17) is 14.2 Å². The number of anilines is 1. The molecule has 0 aliphatic rings. The van der Waals surface area contributed by atoms with Crippen molar-refractivity contribution in [1.82, 2.24) is 10.6 Å². The van der Waals surface area contributed by atoms with Crippen molar-refractivity contribution in [3.05, 3.63) is 53.6 Å². The van der Waals surface area contributed by atoms with E-state index in [0.717, 1.165) is 5.56 Å². The summed E-state index contributed by atoms with van der Waals surface area (Å²) in [6, 6.07) is 11.3. The number of hydrogen-bond acceptors (Lipinski definition) is 6. The Kier molecular flexibility index (Phi) is 7.84. The van der Waals surface area contributed by atoms with Crippen LogP contribution in [0, 0.1) is 0 Å². The molecule has 3 amide bonds. The number of rotatable bonds is 8. The van der Waals surface area contributed by atoms with Crippen LogP contribution in [0.3, 0.4) is 0 Å². The Morgan fingerprint density at radius 3 is 2.21 bits per heavy atom. The van der Waals surface area contributed by atoms with Gasteiger partial charge in [-0.1, -0.05) is 12.1 Å². The molecule has 2 aromatic carbocycles. The zero-order chi connectivity index (χ0) is 21.2. The first kappa shape index (κ1) is 21.5. The zero-order valence-electron chi connectivity index (χ0n) is 16.4. The average Bonchev–Trinajstić information content (AvgIpc) is 2.76. The van der Waals surface area contributed by atoms with E-state index in [1.807, 2.05) is 12.1 Å². The van der Waals surface area contributed by atoms with Crippen molar-refractivity contribution in [3.8, 4) is 11.5 Å². The van der Waals surface area contributed by atoms with Crippen LogP contribution in [0.5, 0.6) is 11.5 Å². The van der Waals surface area contributed by atoms with E-state index in [1.54, 1.807) is 31.3 Å². The second-order valence-corrected chi connectivity index (χ2v) is 5.80. The molecule has 0 aliphatic heterocycles. The SMILES string of the molecule is CNC(=O)COc1ccc(COc2ccc(NC(=O)NC)c(C(=O)OC)c2)cc1. The van der Waals surface area contributed by atoms with Gasteiger partial charge in [0.2, 0.25) is 0 Å². The predicted molar refractivity (Wildman–Crippen MR) is 106 cm³/mol. The molecule has 0 radical (unpaired) electrons. The van der Waals surface area contributed by atoms with Crippen LogP contribution < -0.4 is 25.4 Å². The van der Waals surface area contributed by atoms with E-state index in [0.29, 0.717) is 17.2 Å². The van der Waals surface area contributed by atoms with Crippen LogP contribution in [0.4, 0.5) is 10.5 Å². The van der Waals surface area contributed by atoms with Crippen molar-refractivity contribution in [2.75, 3.05) is 33.1 Å². The third-order valence-corrected chi connectivity index (χ3v) is 3.85. The summed E-state index contributed by atoms with van der Waals surface area (Å²) < 4.78 is 15.8. The molecule has 3 N–H and O–H groups in total. The fourth-order valence-electron chi connectivity index (χ4n) is 2.26. The highest BCUT2D eigenvalue weighted by Crippen LogP contribution is 2.24. The molecule has 0 unspecified atom stereocenters. The van der Waals surface area contributed by atoms with Gasteiger partial charge in [0.05, 0.1) is 18.4 Å². The summed E-state index contributed by atoms with van der Waals surface area (Å²) in [6.07, 6.45) is 0. The van der Waals surface area contributed by atoms with Crippen molar-refractivity contribution in [3.63, 3.8) is 0 Å². The molecule has 0 aromatic heterocycles. The number of esters is 1. The first-order valence-electron chi connectivity index (χ1n) is 8.73. The summed E-state index contributed by atoms with van der Waals surface area (Å²) >= 11 is 0. The number of likely N-dealkylation sites (N-methyl/N-ethyl adjacent to an activating group) is 1. The van der Waals surface area contributed by atoms with Gasteiger partial charge < -0.3 is 30.2 Å². The minimum atomic E-state index is -0.598. The van der Waals surface area contributed by atoms with Gasteiger partial charge in [0.1, 0.15) is 18.1 Å². The van der Waals surface area contributed by atoms with Gasteiger partial charge in [-0.25, -0.2) is 9.59 Å². The number of methoxy groups -OCH3 is 1. The largest absolute Gasteiger partial charge is 0.489 e. The minimum absolute atomic E-state index is 0.0565. The van der Waals surface area contributed by atoms with E-state index in [-0.39, 0.29) is 24.7 Å². The molecule has 9 heteroatoms. The highest BCUT2D eigenvalue weighted by atomic mass is 16.5. The molecule has 29 heavy (non-hydrogen) atoms. The Balaban J connectivity index is 2.03. The maximum atomic E-state index is 12.0. The minimum Gasteiger partial charge on any atom is -0.489 e. The van der Waals surface area contributed by atoms with Crippen molar-refractivity contribution >= 4 is 23.6 Å². The Morgan fingerprint density at radius 2 is 1.59 bits per heavy atom. The molecular formula is C20H23N3O6. The van der Waals surface area contributed by atoms with Crippen molar-refractivity contribution in [1.29, 1.82) is 0 Å². The van der Waals surface area contributed by atoms with E-state index in [9.17, 15) is 14.4 Å². The van der Waals surface area contributed by atoms with Gasteiger partial charge >= 0.3 is 12.0 Å². The Bertz CT molecular complexity index is 867. The fourth-order valence-corrected chi connectivity index (χ4v) is 2.26. The first-order valence-corrected chi connectivity index (χ1v) is 8.73. The van der Waals surface area contributed by atoms with Crippen LogP contribution in [0.25, 0.3) is 0 Å². The molecule has 0 atom stereocenters. The quantitative estimate of drug-likeness (QED) is 0.582. The lowest BCUT2D eigenvalue weighted by atomic mass is 10.1. The summed E-state index contributed by atoms with van der Waals surface area (Å²) in [5.41, 5.74) is 1.34. The molecule has 0 saturated heterocycles. The number of carbonyl (C=O) groups is 3. The third kappa shape index (κ3) is 6.42. The van der Waals surface area contributed by atoms with Crippen LogP contribution in [0.1, 0.15) is 15.9 Å². The number of amides is 3. The molecule has 9 nitrogen and oxygen atoms in total. The second kappa shape index (κ2) is 10.5. The lowest BCUT2D eigenvalue weighted by Crippen LogP contribution is -2.25. The molecule has 2 aromatic rings. The van der Waals surface area contributed by atoms with E-state index >= 15 is 0 Å². The molecule has 154 valence electrons. The van der Waals surface area contributed by atoms with E-state index < -0.39 is 12.0 Å². The predicted octanol–water partition coefficient (Wildman–Crippen LogP) is 1.93. The summed E-state index contributed by atoms with van der Waals surface area (Å²) in [5.74, 6) is 0.190. The Labute approximate surface area is 168 Å². The number of benzene rings is 2. The number of hydrogen-bond donors (Lipinski definition) is 3. The van der Waals surface area contributed by atoms with Gasteiger partial charge in [0, 0.05) is 14.1 Å². The Hall–Kier alpha value is -3.75. The van der Waals surface area contributed by atoms with Crippen molar-refractivity contribution in [2.45, 2.75) is 6.61 Å². The summed E-state index contributed by atoms with van der Waals surface area (Å²) in [6.45, 7) is 0.192. The van der Waals surface area contributed by atoms with Crippen LogP contribution >= 0.6 is 0 Å². The van der Waals surface area contributed by atoms with Crippen LogP contribution in [0.15, 0.2) is 42.5 Å². The molecule has 0 fully saturated rings. The molecule has 0 bridgehead atoms. The van der Waals surface area contributed by atoms with Gasteiger partial charge in [0.15, 0.2) is 6.61 Å². The topological polar surface area (TPSA) is 115 Å². The van der Waals surface area contributed by atoms with Crippen molar-refractivity contribution < 1.29 is 28.6 Å². The number of urea groups is 1. The molecule has 0 aliphatic carbocycles. The van der Waals surface area contributed by atoms with E-state index in [1.165, 1.54) is 20.2 Å². The highest BCUT2D eigenvalue weighted by Gasteiger charge is 2.15. The molecule has 0 heterocycles. The van der Waals surface area contributed by atoms with Crippen LogP contribution in [-0.2, 0) is 16.1 Å². The normalized spacial score (nSPS) is 9.90. The number of ether oxygens (including phenoxy) is 3. The summed E-state index contributed by atoms with van der Waals surface area (Å²) in [4.78, 5) is 34.7. The smallest absolute Gasteiger partial charge is 0.340 e. The Morgan fingerprint density at radius 1 is 0.897 bits per heavy atom. The van der Waals surface area contributed by atoms with Gasteiger partial charge in [-0.2, -0.15) is 0 Å². The van der Waals surface area contributed by atoms with Gasteiger partial charge in [-0.15, -0.1) is 0 Å². The monoisotopic (exact) mass is 401 g/mol. The summed E-state index contributed by atoms with van der Waals surface area (Å²) in [7, 11) is 4.27. The van der Waals surface area contributed by atoms with Crippen LogP contribution in [0.2, 0.25) is 0 Å². The van der Waals surface area contributed by atoms with Gasteiger partial charge in [-0.3, -0.25) is 4.79 Å². The van der Waals surface area contributed by atoms with Crippen molar-refractivity contribution in [2.24, 2.45) is 0 Å². The molecule has 0 spiro atoms. The number of carbonyl (C=O) groups excluding carboxylic acids is 3. The second-order valence-electron chi connectivity index (χ2n) is 5.80. The highest BCUT2D eigenvalue weighted by molar-refractivity contribution is 6.01. The first-order chi connectivity index (χ1) is 14.0. The van der Waals surface area contributed by atoms with E-state index in [2.05, 4.69) is 16.0 Å². The fraction of sp³-hybridized carbons (Fsp3) is 0.250. The van der Waals surface area contributed by atoms with Crippen LogP contribution in [-0.4, -0.2) is 45.7 Å². The summed E-state index contributed by atoms with van der Waals surface area (Å²) in [5, 5.41) is 7.45.